The number of esters is 1. The normalized spacial score (nSPS) is 14.4. The SMILES string of the molecule is COC(=O)c1cc2cc(NC(=O)c3cc(NC(=O)c4ccc(CN5CCN(C)CC5)c(C(F)(F)F)c4)ccc3C)cnc2[nH]1. The maximum absolute atomic E-state index is 14.0. The zero-order chi connectivity index (χ0) is 31.6. The van der Waals surface area contributed by atoms with Gasteiger partial charge in [0, 0.05) is 54.9 Å². The minimum Gasteiger partial charge on any atom is -0.464 e. The number of anilines is 2. The van der Waals surface area contributed by atoms with Crippen LogP contribution in [0.2, 0.25) is 0 Å². The van der Waals surface area contributed by atoms with Crippen molar-refractivity contribution in [1.82, 2.24) is 19.8 Å². The number of nitrogens with zero attached hydrogens (tertiary/aromatic N) is 3. The minimum atomic E-state index is -4.63. The van der Waals surface area contributed by atoms with E-state index in [0.717, 1.165) is 19.2 Å². The molecule has 230 valence electrons. The van der Waals surface area contributed by atoms with Gasteiger partial charge in [-0.05, 0) is 61.5 Å². The molecule has 1 fully saturated rings. The second kappa shape index (κ2) is 12.5. The number of alkyl halides is 3. The number of methoxy groups -OCH3 is 1. The molecule has 1 aliphatic rings. The Hall–Kier alpha value is -4.75. The predicted octanol–water partition coefficient (Wildman–Crippen LogP) is 4.93. The number of amides is 2. The smallest absolute Gasteiger partial charge is 0.416 e. The summed E-state index contributed by atoms with van der Waals surface area (Å²) in [5.41, 5.74) is 1.22. The number of benzene rings is 2. The summed E-state index contributed by atoms with van der Waals surface area (Å²) in [6.07, 6.45) is -3.21. The Morgan fingerprint density at radius 3 is 2.39 bits per heavy atom. The van der Waals surface area contributed by atoms with Crippen molar-refractivity contribution in [3.8, 4) is 0 Å². The molecule has 5 rings (SSSR count). The Bertz CT molecular complexity index is 1730. The number of ether oxygens (including phenoxy) is 1. The Kier molecular flexibility index (Phi) is 8.70. The molecular weight excluding hydrogens is 577 g/mol. The Morgan fingerprint density at radius 2 is 1.68 bits per heavy atom. The van der Waals surface area contributed by atoms with Crippen molar-refractivity contribution in [1.29, 1.82) is 0 Å². The Morgan fingerprint density at radius 1 is 0.955 bits per heavy atom. The summed E-state index contributed by atoms with van der Waals surface area (Å²) in [5, 5.41) is 5.93. The molecule has 0 aliphatic carbocycles. The lowest BCUT2D eigenvalue weighted by Crippen LogP contribution is -2.44. The van der Waals surface area contributed by atoms with E-state index in [2.05, 4.69) is 25.5 Å². The summed E-state index contributed by atoms with van der Waals surface area (Å²) in [6, 6.07) is 11.4. The number of likely N-dealkylation sites (N-methyl/N-ethyl adjacent to an activating group) is 1. The maximum Gasteiger partial charge on any atom is 0.416 e. The van der Waals surface area contributed by atoms with Crippen molar-refractivity contribution in [2.75, 3.05) is 51.0 Å². The van der Waals surface area contributed by atoms with Crippen LogP contribution in [0, 0.1) is 6.92 Å². The molecule has 1 aliphatic heterocycles. The van der Waals surface area contributed by atoms with E-state index in [1.165, 1.54) is 31.5 Å². The second-order valence-corrected chi connectivity index (χ2v) is 10.7. The minimum absolute atomic E-state index is 0.113. The van der Waals surface area contributed by atoms with E-state index in [1.807, 2.05) is 11.9 Å². The number of rotatable bonds is 7. The van der Waals surface area contributed by atoms with Crippen molar-refractivity contribution < 1.29 is 32.3 Å². The molecule has 10 nitrogen and oxygen atoms in total. The van der Waals surface area contributed by atoms with E-state index < -0.39 is 29.5 Å². The predicted molar refractivity (Wildman–Crippen MR) is 159 cm³/mol. The first-order valence-electron chi connectivity index (χ1n) is 13.8. The monoisotopic (exact) mass is 608 g/mol. The number of aromatic amines is 1. The quantitative estimate of drug-likeness (QED) is 0.255. The topological polar surface area (TPSA) is 120 Å². The van der Waals surface area contributed by atoms with Crippen LogP contribution >= 0.6 is 0 Å². The molecule has 0 unspecified atom stereocenters. The number of aryl methyl sites for hydroxylation is 1. The van der Waals surface area contributed by atoms with Gasteiger partial charge in [0.2, 0.25) is 0 Å². The van der Waals surface area contributed by atoms with Crippen LogP contribution in [0.4, 0.5) is 24.5 Å². The number of hydrogen-bond donors (Lipinski definition) is 3. The number of halogens is 3. The first-order chi connectivity index (χ1) is 20.9. The fraction of sp³-hybridized carbons (Fsp3) is 0.290. The van der Waals surface area contributed by atoms with Crippen molar-refractivity contribution in [2.24, 2.45) is 0 Å². The molecule has 3 N–H and O–H groups in total. The van der Waals surface area contributed by atoms with Gasteiger partial charge >= 0.3 is 12.1 Å². The fourth-order valence-corrected chi connectivity index (χ4v) is 5.02. The number of piperazine rings is 1. The van der Waals surface area contributed by atoms with Gasteiger partial charge in [0.05, 0.1) is 24.6 Å². The van der Waals surface area contributed by atoms with Crippen LogP contribution in [0.15, 0.2) is 54.7 Å². The van der Waals surface area contributed by atoms with Crippen molar-refractivity contribution in [3.63, 3.8) is 0 Å². The van der Waals surface area contributed by atoms with E-state index in [-0.39, 0.29) is 34.6 Å². The van der Waals surface area contributed by atoms with Crippen molar-refractivity contribution in [3.05, 3.63) is 88.2 Å². The van der Waals surface area contributed by atoms with E-state index in [9.17, 15) is 27.6 Å². The third-order valence-corrected chi connectivity index (χ3v) is 7.54. The van der Waals surface area contributed by atoms with Crippen LogP contribution in [-0.4, -0.2) is 77.9 Å². The van der Waals surface area contributed by atoms with Gasteiger partial charge in [0.25, 0.3) is 11.8 Å². The zero-order valence-corrected chi connectivity index (χ0v) is 24.3. The molecule has 13 heteroatoms. The first-order valence-corrected chi connectivity index (χ1v) is 13.8. The van der Waals surface area contributed by atoms with Gasteiger partial charge in [0.1, 0.15) is 11.3 Å². The van der Waals surface area contributed by atoms with Crippen LogP contribution in [0.3, 0.4) is 0 Å². The highest BCUT2D eigenvalue weighted by Crippen LogP contribution is 2.34. The van der Waals surface area contributed by atoms with Gasteiger partial charge in [0.15, 0.2) is 0 Å². The maximum atomic E-state index is 14.0. The number of aromatic nitrogens is 2. The fourth-order valence-electron chi connectivity index (χ4n) is 5.02. The lowest BCUT2D eigenvalue weighted by atomic mass is 10.0. The second-order valence-electron chi connectivity index (χ2n) is 10.7. The van der Waals surface area contributed by atoms with E-state index in [4.69, 9.17) is 4.74 Å². The number of H-pyrrole nitrogens is 1. The lowest BCUT2D eigenvalue weighted by Gasteiger charge is -2.33. The van der Waals surface area contributed by atoms with Gasteiger partial charge < -0.3 is 25.3 Å². The number of pyridine rings is 1. The molecule has 2 aromatic carbocycles. The standard InChI is InChI=1S/C31H31F3N6O4/c1-18-4-7-22(15-24(18)29(42)37-23-12-21-14-26(30(43)44-3)38-27(21)35-16-23)36-28(41)19-5-6-20(25(13-19)31(32,33)34)17-40-10-8-39(2)9-11-40/h4-7,12-16H,8-11,17H2,1-3H3,(H,35,38)(H,36,41)(H,37,42). The summed E-state index contributed by atoms with van der Waals surface area (Å²) in [6.45, 7) is 4.72. The lowest BCUT2D eigenvalue weighted by molar-refractivity contribution is -0.138. The number of carbonyl (C=O) groups excluding carboxylic acids is 3. The number of nitrogens with one attached hydrogen (secondary N) is 3. The first kappa shape index (κ1) is 30.7. The van der Waals surface area contributed by atoms with E-state index in [1.54, 1.807) is 31.2 Å². The van der Waals surface area contributed by atoms with Gasteiger partial charge in [-0.15, -0.1) is 0 Å². The van der Waals surface area contributed by atoms with Gasteiger partial charge in [-0.3, -0.25) is 14.5 Å². The summed E-state index contributed by atoms with van der Waals surface area (Å²) in [5.74, 6) is -1.78. The third kappa shape index (κ3) is 6.90. The average Bonchev–Trinajstić information content (AvgIpc) is 3.42. The number of hydrogen-bond acceptors (Lipinski definition) is 7. The number of carbonyl (C=O) groups is 3. The highest BCUT2D eigenvalue weighted by atomic mass is 19.4. The van der Waals surface area contributed by atoms with Crippen LogP contribution in [0.1, 0.15) is 47.9 Å². The summed E-state index contributed by atoms with van der Waals surface area (Å²) < 4.78 is 46.7. The molecule has 0 spiro atoms. The van der Waals surface area contributed by atoms with E-state index in [0.29, 0.717) is 35.4 Å². The molecule has 0 radical (unpaired) electrons. The molecule has 0 atom stereocenters. The van der Waals surface area contributed by atoms with Crippen LogP contribution in [0.25, 0.3) is 11.0 Å². The molecule has 0 bridgehead atoms. The van der Waals surface area contributed by atoms with Crippen LogP contribution in [-0.2, 0) is 17.5 Å². The summed E-state index contributed by atoms with van der Waals surface area (Å²) in [7, 11) is 3.23. The molecule has 1 saturated heterocycles. The molecule has 2 amide bonds. The molecule has 2 aromatic heterocycles. The van der Waals surface area contributed by atoms with Crippen molar-refractivity contribution in [2.45, 2.75) is 19.6 Å². The van der Waals surface area contributed by atoms with Gasteiger partial charge in [-0.2, -0.15) is 13.2 Å². The zero-order valence-electron chi connectivity index (χ0n) is 24.3. The third-order valence-electron chi connectivity index (χ3n) is 7.54. The Labute approximate surface area is 251 Å². The van der Waals surface area contributed by atoms with Crippen LogP contribution in [0.5, 0.6) is 0 Å². The largest absolute Gasteiger partial charge is 0.464 e. The molecule has 44 heavy (non-hydrogen) atoms. The summed E-state index contributed by atoms with van der Waals surface area (Å²) >= 11 is 0. The molecule has 4 aromatic rings. The van der Waals surface area contributed by atoms with Crippen LogP contribution < -0.4 is 10.6 Å². The average molecular weight is 609 g/mol. The van der Waals surface area contributed by atoms with E-state index >= 15 is 0 Å². The molecule has 3 heterocycles. The van der Waals surface area contributed by atoms with Crippen molar-refractivity contribution >= 4 is 40.2 Å². The Balaban J connectivity index is 1.31. The highest BCUT2D eigenvalue weighted by Gasteiger charge is 2.34. The molecular formula is C31H31F3N6O4. The summed E-state index contributed by atoms with van der Waals surface area (Å²) in [4.78, 5) is 49.1. The molecule has 0 saturated carbocycles. The van der Waals surface area contributed by atoms with Gasteiger partial charge in [-0.25, -0.2) is 9.78 Å². The highest BCUT2D eigenvalue weighted by molar-refractivity contribution is 6.08. The van der Waals surface area contributed by atoms with Gasteiger partial charge in [-0.1, -0.05) is 12.1 Å². The number of fused-ring (bicyclic) bond motifs is 1.